The monoisotopic (exact) mass is 469 g/mol. The highest BCUT2D eigenvalue weighted by Gasteiger charge is 2.51. The van der Waals surface area contributed by atoms with Crippen LogP contribution in [-0.2, 0) is 11.3 Å². The Hall–Kier alpha value is -3.08. The van der Waals surface area contributed by atoms with Gasteiger partial charge in [0.2, 0.25) is 0 Å². The van der Waals surface area contributed by atoms with Crippen molar-refractivity contribution >= 4 is 35.4 Å². The van der Waals surface area contributed by atoms with Crippen molar-refractivity contribution in [2.45, 2.75) is 50.2 Å². The number of imide groups is 1. The van der Waals surface area contributed by atoms with E-state index < -0.39 is 29.0 Å². The molecule has 1 aromatic carbocycles. The first kappa shape index (κ1) is 25.2. The summed E-state index contributed by atoms with van der Waals surface area (Å²) >= 11 is -0.293. The maximum atomic E-state index is 13.0. The quantitative estimate of drug-likeness (QED) is 0.480. The van der Waals surface area contributed by atoms with Gasteiger partial charge in [-0.05, 0) is 67.6 Å². The third kappa shape index (κ3) is 5.39. The molecular formula is C21H22F3N3O4S. The number of aromatic carboxylic acids is 1. The molecule has 11 heteroatoms. The zero-order chi connectivity index (χ0) is 24.3. The number of thioether (sulfide) groups is 1. The topological polar surface area (TPSA) is 90.8 Å². The summed E-state index contributed by atoms with van der Waals surface area (Å²) in [6, 6.07) is 7.11. The minimum absolute atomic E-state index is 0.0428. The molecule has 0 saturated carbocycles. The second kappa shape index (κ2) is 9.60. The lowest BCUT2D eigenvalue weighted by molar-refractivity contribution is -0.123. The van der Waals surface area contributed by atoms with Crippen molar-refractivity contribution in [3.8, 4) is 0 Å². The number of benzene rings is 1. The predicted octanol–water partition coefficient (Wildman–Crippen LogP) is 5.17. The van der Waals surface area contributed by atoms with Gasteiger partial charge in [0.25, 0.3) is 5.91 Å². The minimum Gasteiger partial charge on any atom is -0.477 e. The van der Waals surface area contributed by atoms with Crippen molar-refractivity contribution in [3.63, 3.8) is 0 Å². The molecule has 0 radical (unpaired) electrons. The van der Waals surface area contributed by atoms with E-state index in [0.717, 1.165) is 4.90 Å². The molecule has 3 amide bonds. The van der Waals surface area contributed by atoms with E-state index >= 15 is 0 Å². The summed E-state index contributed by atoms with van der Waals surface area (Å²) in [5, 5.41) is 9.07. The number of urea groups is 1. The van der Waals surface area contributed by atoms with Gasteiger partial charge in [0, 0.05) is 17.6 Å². The summed E-state index contributed by atoms with van der Waals surface area (Å²) in [6.07, 6.45) is 1.29. The largest absolute Gasteiger partial charge is 0.477 e. The number of carboxylic acids is 1. The lowest BCUT2D eigenvalue weighted by Gasteiger charge is -2.27. The second-order valence-corrected chi connectivity index (χ2v) is 8.10. The van der Waals surface area contributed by atoms with Gasteiger partial charge in [-0.3, -0.25) is 4.79 Å². The Balaban J connectivity index is 0.00000176. The highest BCUT2D eigenvalue weighted by Crippen LogP contribution is 2.38. The lowest BCUT2D eigenvalue weighted by atomic mass is 10.0. The number of alkyl halides is 3. The molecular weight excluding hydrogens is 447 g/mol. The number of anilines is 1. The van der Waals surface area contributed by atoms with Crippen LogP contribution in [0.1, 0.15) is 43.7 Å². The molecule has 1 aliphatic rings. The molecule has 7 nitrogen and oxygen atoms in total. The van der Waals surface area contributed by atoms with Crippen LogP contribution in [0.2, 0.25) is 0 Å². The van der Waals surface area contributed by atoms with Crippen molar-refractivity contribution < 1.29 is 32.7 Å². The SMILES string of the molecule is CC.CC1(C)C(=O)N(c2ccc(SC(F)(F)F)cc2)C(=O)N1Cc1ccnc(C(=O)O)c1. The molecule has 0 bridgehead atoms. The molecule has 1 saturated heterocycles. The van der Waals surface area contributed by atoms with Crippen LogP contribution in [0.4, 0.5) is 23.7 Å². The van der Waals surface area contributed by atoms with Crippen molar-refractivity contribution in [3.05, 3.63) is 53.9 Å². The molecule has 1 fully saturated rings. The summed E-state index contributed by atoms with van der Waals surface area (Å²) in [7, 11) is 0. The van der Waals surface area contributed by atoms with Crippen molar-refractivity contribution in [2.24, 2.45) is 0 Å². The van der Waals surface area contributed by atoms with Crippen LogP contribution in [-0.4, -0.2) is 43.9 Å². The third-order valence-electron chi connectivity index (χ3n) is 4.54. The number of nitrogens with zero attached hydrogens (tertiary/aromatic N) is 3. The van der Waals surface area contributed by atoms with Gasteiger partial charge in [-0.25, -0.2) is 19.5 Å². The minimum atomic E-state index is -4.45. The summed E-state index contributed by atoms with van der Waals surface area (Å²) in [5.41, 5.74) is -5.27. The summed E-state index contributed by atoms with van der Waals surface area (Å²) in [6.45, 7) is 7.04. The highest BCUT2D eigenvalue weighted by atomic mass is 32.2. The number of carbonyl (C=O) groups is 3. The second-order valence-electron chi connectivity index (χ2n) is 6.96. The maximum Gasteiger partial charge on any atom is 0.446 e. The molecule has 1 aliphatic heterocycles. The van der Waals surface area contributed by atoms with E-state index in [1.807, 2.05) is 13.8 Å². The third-order valence-corrected chi connectivity index (χ3v) is 5.28. The number of aromatic nitrogens is 1. The van der Waals surface area contributed by atoms with E-state index in [1.165, 1.54) is 47.5 Å². The Morgan fingerprint density at radius 2 is 1.72 bits per heavy atom. The predicted molar refractivity (Wildman–Crippen MR) is 113 cm³/mol. The van der Waals surface area contributed by atoms with Gasteiger partial charge in [0.15, 0.2) is 0 Å². The van der Waals surface area contributed by atoms with Gasteiger partial charge in [-0.2, -0.15) is 13.2 Å². The highest BCUT2D eigenvalue weighted by molar-refractivity contribution is 8.00. The Kier molecular flexibility index (Phi) is 7.55. The summed E-state index contributed by atoms with van der Waals surface area (Å²) in [4.78, 5) is 42.8. The normalized spacial score (nSPS) is 15.5. The molecule has 3 rings (SSSR count). The smallest absolute Gasteiger partial charge is 0.446 e. The maximum absolute atomic E-state index is 13.0. The number of halogens is 3. The van der Waals surface area contributed by atoms with E-state index in [2.05, 4.69) is 4.98 Å². The Morgan fingerprint density at radius 1 is 1.12 bits per heavy atom. The van der Waals surface area contributed by atoms with E-state index in [0.29, 0.717) is 5.56 Å². The van der Waals surface area contributed by atoms with E-state index in [1.54, 1.807) is 13.8 Å². The molecule has 0 aliphatic carbocycles. The number of amides is 3. The van der Waals surface area contributed by atoms with Crippen molar-refractivity contribution in [2.75, 3.05) is 4.90 Å². The summed E-state index contributed by atoms with van der Waals surface area (Å²) < 4.78 is 37.5. The number of rotatable bonds is 5. The van der Waals surface area contributed by atoms with Gasteiger partial charge in [0.05, 0.1) is 5.69 Å². The number of hydrogen-bond donors (Lipinski definition) is 1. The van der Waals surface area contributed by atoms with Crippen LogP contribution in [0.25, 0.3) is 0 Å². The van der Waals surface area contributed by atoms with Gasteiger partial charge in [-0.1, -0.05) is 13.8 Å². The fraction of sp³-hybridized carbons (Fsp3) is 0.333. The molecule has 2 aromatic rings. The number of pyridine rings is 1. The fourth-order valence-corrected chi connectivity index (χ4v) is 3.54. The van der Waals surface area contributed by atoms with Gasteiger partial charge in [0.1, 0.15) is 11.2 Å². The first-order chi connectivity index (χ1) is 14.9. The number of carbonyl (C=O) groups excluding carboxylic acids is 2. The number of hydrogen-bond acceptors (Lipinski definition) is 5. The molecule has 2 heterocycles. The molecule has 1 N–H and O–H groups in total. The number of carboxylic acid groups (broad SMARTS) is 1. The van der Waals surface area contributed by atoms with Gasteiger partial charge >= 0.3 is 17.5 Å². The molecule has 32 heavy (non-hydrogen) atoms. The van der Waals surface area contributed by atoms with Crippen LogP contribution in [0.3, 0.4) is 0 Å². The molecule has 172 valence electrons. The van der Waals surface area contributed by atoms with E-state index in [4.69, 9.17) is 5.11 Å². The van der Waals surface area contributed by atoms with E-state index in [-0.39, 0.29) is 34.6 Å². The van der Waals surface area contributed by atoms with Crippen LogP contribution in [0.15, 0.2) is 47.5 Å². The standard InChI is InChI=1S/C19H16F3N3O4S.C2H6/c1-18(2)16(28)25(12-3-5-13(6-4-12)30-19(20,21)22)17(29)24(18)10-11-7-8-23-14(9-11)15(26)27;1-2/h3-9H,10H2,1-2H3,(H,26,27);1-2H3. The average Bonchev–Trinajstić information content (AvgIpc) is 2.89. The first-order valence-electron chi connectivity index (χ1n) is 9.60. The first-order valence-corrected chi connectivity index (χ1v) is 10.4. The van der Waals surface area contributed by atoms with Crippen LogP contribution >= 0.6 is 11.8 Å². The van der Waals surface area contributed by atoms with Crippen LogP contribution in [0, 0.1) is 0 Å². The Morgan fingerprint density at radius 3 is 2.25 bits per heavy atom. The zero-order valence-corrected chi connectivity index (χ0v) is 18.6. The van der Waals surface area contributed by atoms with Crippen LogP contribution < -0.4 is 4.90 Å². The summed E-state index contributed by atoms with van der Waals surface area (Å²) in [5.74, 6) is -1.77. The van der Waals surface area contributed by atoms with Crippen molar-refractivity contribution in [1.82, 2.24) is 9.88 Å². The fourth-order valence-electron chi connectivity index (χ4n) is 3.00. The molecule has 1 aromatic heterocycles. The van der Waals surface area contributed by atoms with Gasteiger partial charge in [-0.15, -0.1) is 0 Å². The average molecular weight is 469 g/mol. The zero-order valence-electron chi connectivity index (χ0n) is 17.8. The van der Waals surface area contributed by atoms with Gasteiger partial charge < -0.3 is 10.0 Å². The van der Waals surface area contributed by atoms with Crippen molar-refractivity contribution in [1.29, 1.82) is 0 Å². The molecule has 0 spiro atoms. The Labute approximate surface area is 187 Å². The Bertz CT molecular complexity index is 1010. The van der Waals surface area contributed by atoms with E-state index in [9.17, 15) is 27.6 Å². The van der Waals surface area contributed by atoms with Crippen LogP contribution in [0.5, 0.6) is 0 Å². The molecule has 0 unspecified atom stereocenters. The lowest BCUT2D eigenvalue weighted by Crippen LogP contribution is -2.43. The molecule has 0 atom stereocenters.